The lowest BCUT2D eigenvalue weighted by Crippen LogP contribution is -2.58. The summed E-state index contributed by atoms with van der Waals surface area (Å²) in [5.41, 5.74) is 62.1. The smallest absolute Gasteiger partial charge is 0.326 e. The highest BCUT2D eigenvalue weighted by Gasteiger charge is 2.34. The van der Waals surface area contributed by atoms with Gasteiger partial charge in [0.2, 0.25) is 41.4 Å². The third-order valence-electron chi connectivity index (χ3n) is 12.3. The molecule has 1 aromatic rings. The van der Waals surface area contributed by atoms with Crippen molar-refractivity contribution in [3.05, 3.63) is 35.9 Å². The van der Waals surface area contributed by atoms with Gasteiger partial charge in [-0.3, -0.25) is 53.5 Å². The Morgan fingerprint density at radius 1 is 0.393 bits per heavy atom. The number of nitrogens with two attached hydrogens (primary N) is 11. The largest absolute Gasteiger partial charge is 0.480 e. The summed E-state index contributed by atoms with van der Waals surface area (Å²) in [6, 6.07) is -5.76. The minimum Gasteiger partial charge on any atom is -0.480 e. The Bertz CT molecular complexity index is 2580. The molecule has 0 aliphatic rings. The summed E-state index contributed by atoms with van der Waals surface area (Å²) in [6.45, 7) is 3.65. The molecule has 35 nitrogen and oxygen atoms in total. The summed E-state index contributed by atoms with van der Waals surface area (Å²) in [6.07, 6.45) is 0.436. The van der Waals surface area contributed by atoms with Crippen LogP contribution < -0.4 is 100 Å². The number of hydrogen-bond donors (Lipinski definition) is 21. The van der Waals surface area contributed by atoms with Gasteiger partial charge >= 0.3 is 17.9 Å². The van der Waals surface area contributed by atoms with Crippen LogP contribution >= 0.6 is 43.2 Å². The quantitative estimate of drug-likeness (QED) is 0.0125. The number of benzene rings is 1. The number of amides is 7. The van der Waals surface area contributed by atoms with E-state index < -0.39 is 126 Å². The van der Waals surface area contributed by atoms with E-state index in [2.05, 4.69) is 57.2 Å². The molecule has 39 heteroatoms. The zero-order chi connectivity index (χ0) is 67.2. The van der Waals surface area contributed by atoms with Crippen LogP contribution in [0.25, 0.3) is 0 Å². The van der Waals surface area contributed by atoms with E-state index in [0.717, 1.165) is 43.2 Å². The van der Waals surface area contributed by atoms with E-state index in [-0.39, 0.29) is 131 Å². The lowest BCUT2D eigenvalue weighted by atomic mass is 10.0. The summed E-state index contributed by atoms with van der Waals surface area (Å²) in [5.74, 6) is -13.0. The fourth-order valence-corrected chi connectivity index (χ4v) is 11.9. The van der Waals surface area contributed by atoms with Crippen LogP contribution in [0.3, 0.4) is 0 Å². The van der Waals surface area contributed by atoms with Crippen LogP contribution in [0.5, 0.6) is 0 Å². The first kappa shape index (κ1) is 79.3. The predicted octanol–water partition coefficient (Wildman–Crippen LogP) is -6.51. The topological polar surface area (TPSA) is 651 Å². The van der Waals surface area contributed by atoms with E-state index in [1.807, 2.05) is 0 Å². The Balaban J connectivity index is 3.75. The molecule has 0 radical (unpaired) electrons. The van der Waals surface area contributed by atoms with Crippen LogP contribution in [0.2, 0.25) is 0 Å². The first-order chi connectivity index (χ1) is 41.9. The van der Waals surface area contributed by atoms with E-state index in [1.165, 1.54) is 0 Å². The van der Waals surface area contributed by atoms with Crippen LogP contribution in [0.1, 0.15) is 70.8 Å². The minimum atomic E-state index is -1.62. The summed E-state index contributed by atoms with van der Waals surface area (Å²) in [7, 11) is 3.57. The third kappa shape index (κ3) is 35.2. The highest BCUT2D eigenvalue weighted by Crippen LogP contribution is 2.26. The van der Waals surface area contributed by atoms with Crippen molar-refractivity contribution < 1.29 is 63.3 Å². The van der Waals surface area contributed by atoms with E-state index in [4.69, 9.17) is 63.1 Å². The van der Waals surface area contributed by atoms with Crippen molar-refractivity contribution >= 4 is 126 Å². The molecule has 0 bridgehead atoms. The van der Waals surface area contributed by atoms with Gasteiger partial charge in [0.25, 0.3) is 0 Å². The SMILES string of the molecule is CC(C)[C@H](N)C(=O)N[C@@H](CSSC[C@H](NC(=O)[C@H](CSSC[C@@H](NC(=O)[C@@H](N)CCCN=C(N)N)C(=O)N[C@@H](CCCN=C(N)N)C(=O)O)NC(=O)[C@@H](N)CCCN=C(N)N)C(=O)N[C@@H](Cc1ccccc1)C(=O)O)C(=O)N[C@@H](CCCN=C(N)N)C(=O)O. The molecule has 0 aromatic heterocycles. The van der Waals surface area contributed by atoms with E-state index in [9.17, 15) is 63.3 Å². The maximum absolute atomic E-state index is 14.6. The lowest BCUT2D eigenvalue weighted by Gasteiger charge is -2.26. The second kappa shape index (κ2) is 43.8. The normalized spacial score (nSPS) is 14.3. The number of carbonyl (C=O) groups is 10. The highest BCUT2D eigenvalue weighted by molar-refractivity contribution is 8.77. The first-order valence-corrected chi connectivity index (χ1v) is 32.7. The van der Waals surface area contributed by atoms with E-state index in [1.54, 1.807) is 44.2 Å². The van der Waals surface area contributed by atoms with Gasteiger partial charge in [-0.15, -0.1) is 0 Å². The molecule has 1 aromatic carbocycles. The maximum Gasteiger partial charge on any atom is 0.326 e. The van der Waals surface area contributed by atoms with Crippen molar-refractivity contribution in [3.63, 3.8) is 0 Å². The van der Waals surface area contributed by atoms with Gasteiger partial charge in [-0.25, -0.2) is 14.4 Å². The lowest BCUT2D eigenvalue weighted by molar-refractivity contribution is -0.142. The van der Waals surface area contributed by atoms with Gasteiger partial charge in [0.05, 0.1) is 18.1 Å². The Morgan fingerprint density at radius 3 is 0.955 bits per heavy atom. The van der Waals surface area contributed by atoms with Gasteiger partial charge in [0, 0.05) is 55.6 Å². The van der Waals surface area contributed by atoms with Crippen LogP contribution in [-0.2, 0) is 54.4 Å². The van der Waals surface area contributed by atoms with Gasteiger partial charge in [-0.1, -0.05) is 87.4 Å². The molecule has 0 fully saturated rings. The standard InChI is InChI=1S/C50H88N22O13S4/c1-25(2)36(53)43(79)72-35(40(76)67-30(45(82)83)15-9-19-65-50(60)61)24-89-88-23-34(41(77)68-31(46(84)85)20-26-10-4-3-5-11-26)71-42(78)33(70-38(74)28(52)13-7-17-63-48(56)57)22-87-86-21-32(69-37(73)27(51)12-6-16-62-47(54)55)39(75)66-29(44(80)81)14-8-18-64-49(58)59/h3-5,10-11,25,27-36H,6-9,12-24,51-53H2,1-2H3,(H,66,75)(H,67,76)(H,68,77)(H,69,73)(H,70,74)(H,71,78)(H,72,79)(H,80,81)(H,82,83)(H,84,85)(H4,54,55,62)(H4,56,57,63)(H4,58,59,64)(H4,60,61,65)/t27-,28-,29-,30-,31-,32+,33-,34-,35-,36-/m0/s1. The van der Waals surface area contributed by atoms with Crippen molar-refractivity contribution in [2.75, 3.05) is 49.2 Å². The third-order valence-corrected chi connectivity index (χ3v) is 17.1. The van der Waals surface area contributed by atoms with E-state index in [0.29, 0.717) is 5.56 Å². The Hall–Kier alpha value is -7.72. The number of aliphatic carboxylic acids is 3. The zero-order valence-electron chi connectivity index (χ0n) is 49.5. The minimum absolute atomic E-state index is 0.0214. The van der Waals surface area contributed by atoms with Crippen molar-refractivity contribution in [2.45, 2.75) is 132 Å². The average molecular weight is 1330 g/mol. The van der Waals surface area contributed by atoms with Gasteiger partial charge < -0.3 is 116 Å². The van der Waals surface area contributed by atoms with Crippen molar-refractivity contribution in [1.82, 2.24) is 37.2 Å². The molecule has 0 saturated heterocycles. The number of nitrogens with zero attached hydrogens (tertiary/aromatic N) is 4. The molecule has 500 valence electrons. The second-order valence-corrected chi connectivity index (χ2v) is 25.2. The molecule has 1 rings (SSSR count). The summed E-state index contributed by atoms with van der Waals surface area (Å²) >= 11 is 0. The van der Waals surface area contributed by atoms with E-state index >= 15 is 0 Å². The number of guanidine groups is 4. The molecule has 0 unspecified atom stereocenters. The monoisotopic (exact) mass is 1330 g/mol. The number of carbonyl (C=O) groups excluding carboxylic acids is 7. The average Bonchev–Trinajstić information content (AvgIpc) is 2.78. The van der Waals surface area contributed by atoms with Crippen molar-refractivity contribution in [2.24, 2.45) is 89.0 Å². The Labute approximate surface area is 530 Å². The van der Waals surface area contributed by atoms with Crippen LogP contribution in [-0.4, -0.2) is 208 Å². The van der Waals surface area contributed by atoms with Crippen LogP contribution in [0.4, 0.5) is 0 Å². The van der Waals surface area contributed by atoms with Crippen molar-refractivity contribution in [1.29, 1.82) is 0 Å². The molecule has 10 atom stereocenters. The van der Waals surface area contributed by atoms with Crippen molar-refractivity contribution in [3.8, 4) is 0 Å². The van der Waals surface area contributed by atoms with Crippen LogP contribution in [0, 0.1) is 5.92 Å². The molecule has 0 heterocycles. The summed E-state index contributed by atoms with van der Waals surface area (Å²) < 4.78 is 0. The number of aliphatic imine (C=N–C) groups is 4. The summed E-state index contributed by atoms with van der Waals surface area (Å²) in [5, 5.41) is 47.7. The molecule has 7 amide bonds. The Kier molecular flexibility index (Phi) is 39.1. The fourth-order valence-electron chi connectivity index (χ4n) is 7.29. The molecule has 0 aliphatic heterocycles. The maximum atomic E-state index is 14.6. The number of carboxylic acid groups (broad SMARTS) is 3. The Morgan fingerprint density at radius 2 is 0.663 bits per heavy atom. The predicted molar refractivity (Wildman–Crippen MR) is 345 cm³/mol. The molecule has 0 spiro atoms. The van der Waals surface area contributed by atoms with Gasteiger partial charge in [0.15, 0.2) is 23.8 Å². The molecule has 0 saturated carbocycles. The fraction of sp³-hybridized carbons (Fsp3) is 0.600. The molecule has 89 heavy (non-hydrogen) atoms. The molecule has 32 N–H and O–H groups in total. The molecule has 0 aliphatic carbocycles. The number of carboxylic acids is 3. The van der Waals surface area contributed by atoms with Gasteiger partial charge in [0.1, 0.15) is 42.3 Å². The highest BCUT2D eigenvalue weighted by atomic mass is 33.1. The molecular formula is C50H88N22O13S4. The second-order valence-electron chi connectivity index (χ2n) is 20.0. The van der Waals surface area contributed by atoms with Gasteiger partial charge in [-0.05, 0) is 62.8 Å². The molecular weight excluding hydrogens is 1240 g/mol. The summed E-state index contributed by atoms with van der Waals surface area (Å²) in [4.78, 5) is 149. The number of hydrogen-bond acceptors (Lipinski definition) is 21. The van der Waals surface area contributed by atoms with Crippen LogP contribution in [0.15, 0.2) is 50.3 Å². The number of rotatable bonds is 46. The zero-order valence-corrected chi connectivity index (χ0v) is 52.7. The number of nitrogens with one attached hydrogen (secondary N) is 7. The van der Waals surface area contributed by atoms with Gasteiger partial charge in [-0.2, -0.15) is 0 Å². The first-order valence-electron chi connectivity index (χ1n) is 27.8.